The average Bonchev–Trinajstić information content (AvgIpc) is 2.41. The molecule has 4 nitrogen and oxygen atoms in total. The van der Waals surface area contributed by atoms with Gasteiger partial charge in [0.15, 0.2) is 5.79 Å². The Morgan fingerprint density at radius 1 is 1.21 bits per heavy atom. The number of nitrogens with zero attached hydrogens (tertiary/aromatic N) is 2. The first-order valence-corrected chi connectivity index (χ1v) is 4.69. The summed E-state index contributed by atoms with van der Waals surface area (Å²) in [4.78, 5) is 7.93. The second kappa shape index (κ2) is 3.29. The van der Waals surface area contributed by atoms with Gasteiger partial charge in [-0.25, -0.2) is 9.97 Å². The molecule has 0 amide bonds. The monoisotopic (exact) mass is 194 g/mol. The quantitative estimate of drug-likeness (QED) is 0.682. The molecule has 1 aliphatic rings. The zero-order chi connectivity index (χ0) is 10.2. The molecule has 4 heteroatoms. The molecule has 0 aliphatic carbocycles. The number of hydrogen-bond donors (Lipinski definition) is 0. The van der Waals surface area contributed by atoms with Gasteiger partial charge in [-0.15, -0.1) is 0 Å². The molecule has 2 atom stereocenters. The fourth-order valence-corrected chi connectivity index (χ4v) is 1.74. The van der Waals surface area contributed by atoms with Crippen LogP contribution >= 0.6 is 0 Å². The van der Waals surface area contributed by atoms with Gasteiger partial charge in [0, 0.05) is 18.0 Å². The first kappa shape index (κ1) is 9.55. The van der Waals surface area contributed by atoms with Crippen LogP contribution in [0.1, 0.15) is 32.4 Å². The summed E-state index contributed by atoms with van der Waals surface area (Å²) in [5.41, 5.74) is 0.963. The third kappa shape index (κ3) is 1.76. The first-order chi connectivity index (χ1) is 6.58. The van der Waals surface area contributed by atoms with Crippen LogP contribution in [0.25, 0.3) is 0 Å². The highest BCUT2D eigenvalue weighted by molar-refractivity contribution is 5.10. The second-order valence-electron chi connectivity index (χ2n) is 3.93. The van der Waals surface area contributed by atoms with Crippen molar-refractivity contribution in [2.24, 2.45) is 0 Å². The van der Waals surface area contributed by atoms with Crippen LogP contribution in [0, 0.1) is 0 Å². The summed E-state index contributed by atoms with van der Waals surface area (Å²) in [5.74, 6) is -0.514. The summed E-state index contributed by atoms with van der Waals surface area (Å²) < 4.78 is 11.4. The molecule has 14 heavy (non-hydrogen) atoms. The number of aromatic nitrogens is 2. The summed E-state index contributed by atoms with van der Waals surface area (Å²) >= 11 is 0. The van der Waals surface area contributed by atoms with E-state index in [1.54, 1.807) is 12.4 Å². The van der Waals surface area contributed by atoms with Crippen molar-refractivity contribution in [3.8, 4) is 0 Å². The van der Waals surface area contributed by atoms with Crippen LogP contribution in [-0.2, 0) is 9.47 Å². The van der Waals surface area contributed by atoms with E-state index < -0.39 is 5.79 Å². The van der Waals surface area contributed by atoms with E-state index >= 15 is 0 Å². The van der Waals surface area contributed by atoms with Gasteiger partial charge in [0.25, 0.3) is 0 Å². The van der Waals surface area contributed by atoms with Gasteiger partial charge in [-0.3, -0.25) is 0 Å². The Morgan fingerprint density at radius 3 is 2.36 bits per heavy atom. The van der Waals surface area contributed by atoms with Crippen LogP contribution in [0.5, 0.6) is 0 Å². The molecule has 0 aromatic carbocycles. The third-order valence-corrected chi connectivity index (χ3v) is 2.22. The Kier molecular flexibility index (Phi) is 2.25. The molecule has 0 N–H and O–H groups in total. The molecule has 0 bridgehead atoms. The average molecular weight is 194 g/mol. The molecule has 0 saturated carbocycles. The van der Waals surface area contributed by atoms with Crippen LogP contribution in [0.2, 0.25) is 0 Å². The lowest BCUT2D eigenvalue weighted by atomic mass is 10.1. The van der Waals surface area contributed by atoms with Crippen LogP contribution in [-0.4, -0.2) is 21.9 Å². The second-order valence-corrected chi connectivity index (χ2v) is 3.93. The summed E-state index contributed by atoms with van der Waals surface area (Å²) in [6.07, 6.45) is 5.01. The van der Waals surface area contributed by atoms with Crippen molar-refractivity contribution in [3.63, 3.8) is 0 Å². The molecule has 1 aromatic rings. The van der Waals surface area contributed by atoms with Gasteiger partial charge in [-0.05, 0) is 20.8 Å². The van der Waals surface area contributed by atoms with E-state index in [-0.39, 0.29) is 12.2 Å². The largest absolute Gasteiger partial charge is 0.344 e. The van der Waals surface area contributed by atoms with Gasteiger partial charge < -0.3 is 9.47 Å². The minimum atomic E-state index is -0.514. The minimum absolute atomic E-state index is 0.0380. The maximum Gasteiger partial charge on any atom is 0.164 e. The van der Waals surface area contributed by atoms with Gasteiger partial charge >= 0.3 is 0 Å². The fourth-order valence-electron chi connectivity index (χ4n) is 1.74. The van der Waals surface area contributed by atoms with Crippen molar-refractivity contribution in [1.82, 2.24) is 9.97 Å². The maximum absolute atomic E-state index is 5.74. The Morgan fingerprint density at radius 2 is 1.86 bits per heavy atom. The normalized spacial score (nSPS) is 30.5. The fraction of sp³-hybridized carbons (Fsp3) is 0.600. The Hall–Kier alpha value is -1.00. The minimum Gasteiger partial charge on any atom is -0.344 e. The van der Waals surface area contributed by atoms with E-state index in [4.69, 9.17) is 9.47 Å². The SMILES string of the molecule is CC1OC(C)(C)OC1c1cncnc1. The van der Waals surface area contributed by atoms with Crippen molar-refractivity contribution >= 4 is 0 Å². The number of ether oxygens (including phenoxy) is 2. The van der Waals surface area contributed by atoms with Crippen molar-refractivity contribution in [2.45, 2.75) is 38.8 Å². The summed E-state index contributed by atoms with van der Waals surface area (Å²) in [7, 11) is 0. The van der Waals surface area contributed by atoms with Crippen molar-refractivity contribution in [1.29, 1.82) is 0 Å². The highest BCUT2D eigenvalue weighted by atomic mass is 16.7. The van der Waals surface area contributed by atoms with Gasteiger partial charge in [0.1, 0.15) is 12.4 Å². The van der Waals surface area contributed by atoms with Gasteiger partial charge in [-0.1, -0.05) is 0 Å². The molecule has 2 rings (SSSR count). The highest BCUT2D eigenvalue weighted by Gasteiger charge is 2.39. The van der Waals surface area contributed by atoms with Crippen LogP contribution in [0.3, 0.4) is 0 Å². The number of rotatable bonds is 1. The standard InChI is InChI=1S/C10H14N2O2/c1-7-9(14-10(2,3)13-7)8-4-11-6-12-5-8/h4-7,9H,1-3H3. The first-order valence-electron chi connectivity index (χ1n) is 4.69. The maximum atomic E-state index is 5.74. The Balaban J connectivity index is 2.21. The molecular weight excluding hydrogens is 180 g/mol. The van der Waals surface area contributed by atoms with E-state index in [2.05, 4.69) is 9.97 Å². The van der Waals surface area contributed by atoms with E-state index in [0.717, 1.165) is 5.56 Å². The lowest BCUT2D eigenvalue weighted by Gasteiger charge is -2.16. The van der Waals surface area contributed by atoms with E-state index in [9.17, 15) is 0 Å². The van der Waals surface area contributed by atoms with Crippen LogP contribution < -0.4 is 0 Å². The van der Waals surface area contributed by atoms with Crippen molar-refractivity contribution in [3.05, 3.63) is 24.3 Å². The molecule has 1 saturated heterocycles. The third-order valence-electron chi connectivity index (χ3n) is 2.22. The zero-order valence-corrected chi connectivity index (χ0v) is 8.60. The van der Waals surface area contributed by atoms with Gasteiger partial charge in [0.2, 0.25) is 0 Å². The van der Waals surface area contributed by atoms with Crippen LogP contribution in [0.15, 0.2) is 18.7 Å². The molecule has 1 aromatic heterocycles. The lowest BCUT2D eigenvalue weighted by molar-refractivity contribution is -0.145. The topological polar surface area (TPSA) is 44.2 Å². The highest BCUT2D eigenvalue weighted by Crippen LogP contribution is 2.37. The van der Waals surface area contributed by atoms with Crippen LogP contribution in [0.4, 0.5) is 0 Å². The molecule has 76 valence electrons. The summed E-state index contributed by atoms with van der Waals surface area (Å²) in [6, 6.07) is 0. The van der Waals surface area contributed by atoms with Gasteiger partial charge in [-0.2, -0.15) is 0 Å². The Labute approximate surface area is 83.3 Å². The molecule has 0 radical (unpaired) electrons. The number of hydrogen-bond acceptors (Lipinski definition) is 4. The van der Waals surface area contributed by atoms with Crippen molar-refractivity contribution < 1.29 is 9.47 Å². The molecule has 2 unspecified atom stereocenters. The summed E-state index contributed by atoms with van der Waals surface area (Å²) in [6.45, 7) is 5.81. The lowest BCUT2D eigenvalue weighted by Crippen LogP contribution is -2.20. The van der Waals surface area contributed by atoms with E-state index in [1.807, 2.05) is 20.8 Å². The molecule has 1 fully saturated rings. The summed E-state index contributed by atoms with van der Waals surface area (Å²) in [5, 5.41) is 0. The predicted molar refractivity (Wildman–Crippen MR) is 50.5 cm³/mol. The van der Waals surface area contributed by atoms with Crippen molar-refractivity contribution in [2.75, 3.05) is 0 Å². The molecule has 0 spiro atoms. The predicted octanol–water partition coefficient (Wildman–Crippen LogP) is 1.69. The van der Waals surface area contributed by atoms with Gasteiger partial charge in [0.05, 0.1) is 6.10 Å². The van der Waals surface area contributed by atoms with E-state index in [1.165, 1.54) is 6.33 Å². The molecule has 2 heterocycles. The molecule has 1 aliphatic heterocycles. The molecular formula is C10H14N2O2. The smallest absolute Gasteiger partial charge is 0.164 e. The van der Waals surface area contributed by atoms with E-state index in [0.29, 0.717) is 0 Å². The Bertz CT molecular complexity index is 313. The zero-order valence-electron chi connectivity index (χ0n) is 8.60.